The minimum atomic E-state index is -0.806. The zero-order chi connectivity index (χ0) is 54.4. The summed E-state index contributed by atoms with van der Waals surface area (Å²) in [6.45, 7) is 8.22. The highest BCUT2D eigenvalue weighted by Crippen LogP contribution is 2.39. The Balaban J connectivity index is 0.827. The molecule has 0 unspecified atom stereocenters. The van der Waals surface area contributed by atoms with E-state index in [1.807, 2.05) is 39.8 Å². The molecule has 75 heavy (non-hydrogen) atoms. The molecule has 0 aliphatic heterocycles. The lowest BCUT2D eigenvalue weighted by Gasteiger charge is -2.30. The lowest BCUT2D eigenvalue weighted by molar-refractivity contribution is -0.117. The Kier molecular flexibility index (Phi) is 16.0. The van der Waals surface area contributed by atoms with Crippen molar-refractivity contribution in [3.8, 4) is 5.75 Å². The van der Waals surface area contributed by atoms with Crippen molar-refractivity contribution in [1.29, 1.82) is 0 Å². The predicted molar refractivity (Wildman–Crippen MR) is 277 cm³/mol. The van der Waals surface area contributed by atoms with Crippen LogP contribution in [0.2, 0.25) is 0 Å². The maximum Gasteiger partial charge on any atom is 0.291 e. The van der Waals surface area contributed by atoms with Gasteiger partial charge >= 0.3 is 0 Å². The molecule has 0 atom stereocenters. The molecule has 1 fully saturated rings. The number of nitrogens with two attached hydrogens (primary N) is 1. The lowest BCUT2D eigenvalue weighted by Crippen LogP contribution is -2.42. The van der Waals surface area contributed by atoms with Gasteiger partial charge in [0.05, 0.1) is 30.0 Å². The van der Waals surface area contributed by atoms with Crippen LogP contribution in [0.5, 0.6) is 5.75 Å². The quantitative estimate of drug-likeness (QED) is 0.0427. The molecule has 1 saturated carbocycles. The number of hydrogen-bond acceptors (Lipinski definition) is 13. The largest absolute Gasteiger partial charge is 0.488 e. The molecule has 0 bridgehead atoms. The molecule has 0 radical (unpaired) electrons. The molecule has 25 heteroatoms. The third kappa shape index (κ3) is 14.3. The van der Waals surface area contributed by atoms with Gasteiger partial charge in [-0.25, -0.2) is 15.0 Å². The van der Waals surface area contributed by atoms with Gasteiger partial charge < -0.3 is 75.3 Å². The van der Waals surface area contributed by atoms with Crippen molar-refractivity contribution in [2.75, 3.05) is 46.7 Å². The molecule has 5 aromatic heterocycles. The molecular weight excluding hydrogens is 969 g/mol. The first kappa shape index (κ1) is 54.0. The van der Waals surface area contributed by atoms with E-state index in [-0.39, 0.29) is 66.4 Å². The van der Waals surface area contributed by atoms with Crippen molar-refractivity contribution in [3.63, 3.8) is 0 Å². The number of nitrogen functional groups attached to an aromatic ring is 1. The van der Waals surface area contributed by atoms with Crippen LogP contribution in [0, 0.1) is 0 Å². The second kappa shape index (κ2) is 22.2. The van der Waals surface area contributed by atoms with Crippen LogP contribution in [0.3, 0.4) is 0 Å². The van der Waals surface area contributed by atoms with Crippen LogP contribution in [-0.4, -0.2) is 116 Å². The van der Waals surface area contributed by atoms with Crippen LogP contribution in [0.4, 0.5) is 28.7 Å². The number of ether oxygens (including phenoxy) is 2. The number of nitrogens with one attached hydrogen (secondary N) is 7. The van der Waals surface area contributed by atoms with E-state index in [1.165, 1.54) is 44.4 Å². The first-order valence-electron chi connectivity index (χ1n) is 24.0. The van der Waals surface area contributed by atoms with Crippen LogP contribution < -0.4 is 47.7 Å². The average Bonchev–Trinajstić information content (AvgIpc) is 3.83. The summed E-state index contributed by atoms with van der Waals surface area (Å²) in [6.07, 6.45) is 10.8. The number of benzene rings is 1. The van der Waals surface area contributed by atoms with Crippen molar-refractivity contribution in [3.05, 3.63) is 102 Å². The number of carbonyl (C=O) groups excluding carboxylic acids is 7. The molecule has 7 amide bonds. The normalized spacial score (nSPS) is 12.9. The summed E-state index contributed by atoms with van der Waals surface area (Å²) in [5, 5.41) is 19.3. The van der Waals surface area contributed by atoms with E-state index in [0.29, 0.717) is 48.7 Å². The van der Waals surface area contributed by atoms with E-state index >= 15 is 0 Å². The average molecular weight is 1030 g/mol. The second-order valence-corrected chi connectivity index (χ2v) is 19.8. The van der Waals surface area contributed by atoms with Crippen LogP contribution in [-0.2, 0) is 49.6 Å². The molecule has 1 aliphatic carbocycles. The van der Waals surface area contributed by atoms with Gasteiger partial charge in [0.2, 0.25) is 23.5 Å². The highest BCUT2D eigenvalue weighted by atomic mass is 16.5. The van der Waals surface area contributed by atoms with Gasteiger partial charge in [0, 0.05) is 110 Å². The van der Waals surface area contributed by atoms with Gasteiger partial charge in [0.1, 0.15) is 22.7 Å². The Morgan fingerprint density at radius 3 is 1.77 bits per heavy atom. The SMILES string of the molecule is Cn1cc(NC(=O)c2nccn2C)cc1C(=O)NCCC(=O)Nc1cn(C)c(C(=O)Nc2cc(C(=O)NC3(CC(=O)Nc4cn(C)c(C(=O)NCC(C)(C)OCCC(C)(C)Oc5ccc(N)cc5)n4)CC3)n(C)c2)n1. The van der Waals surface area contributed by atoms with Crippen molar-refractivity contribution >= 4 is 70.0 Å². The number of aromatic nitrogens is 8. The minimum Gasteiger partial charge on any atom is -0.488 e. The number of hydrogen-bond donors (Lipinski definition) is 8. The molecular formula is C50H64N16O9. The Labute approximate surface area is 432 Å². The number of rotatable bonds is 23. The minimum absolute atomic E-state index is 0.0149. The third-order valence-electron chi connectivity index (χ3n) is 12.2. The van der Waals surface area contributed by atoms with E-state index in [4.69, 9.17) is 15.2 Å². The van der Waals surface area contributed by atoms with Gasteiger partial charge in [-0.1, -0.05) is 0 Å². The van der Waals surface area contributed by atoms with Crippen LogP contribution in [0.25, 0.3) is 0 Å². The van der Waals surface area contributed by atoms with Gasteiger partial charge in [0.25, 0.3) is 29.5 Å². The Morgan fingerprint density at radius 2 is 1.20 bits per heavy atom. The topological polar surface area (TPSA) is 311 Å². The van der Waals surface area contributed by atoms with E-state index < -0.39 is 58.1 Å². The summed E-state index contributed by atoms with van der Waals surface area (Å²) in [7, 11) is 8.19. The first-order valence-corrected chi connectivity index (χ1v) is 24.0. The third-order valence-corrected chi connectivity index (χ3v) is 12.2. The standard InChI is InChI=1S/C50H64N16O9/c1-48(2,75-33-12-10-30(51)11-13-33)17-21-74-49(3,4)29-54-45(71)41-59-37(28-65(41)8)58-39(68)24-50(15-16-50)61-44(70)35-23-32(26-64(35)7)56-47(73)42-60-36(27-66(42)9)57-38(67)14-18-53-43(69)34-22-31(25-63(34)6)55-46(72)40-52-19-20-62(40)5/h10-13,19-20,22-23,25-28H,14-18,21,24,29,51H2,1-9H3,(H,53,69)(H,54,71)(H,55,72)(H,56,73)(H,57,67)(H,58,68)(H,61,70). The highest BCUT2D eigenvalue weighted by molar-refractivity contribution is 6.05. The zero-order valence-electron chi connectivity index (χ0n) is 43.4. The van der Waals surface area contributed by atoms with E-state index in [9.17, 15) is 33.6 Å². The molecule has 6 aromatic rings. The first-order chi connectivity index (χ1) is 35.4. The summed E-state index contributed by atoms with van der Waals surface area (Å²) < 4.78 is 19.8. The monoisotopic (exact) mass is 1030 g/mol. The number of carbonyl (C=O) groups is 7. The van der Waals surface area contributed by atoms with Gasteiger partial charge in [-0.05, 0) is 76.9 Å². The second-order valence-electron chi connectivity index (χ2n) is 19.8. The van der Waals surface area contributed by atoms with Crippen molar-refractivity contribution in [2.45, 2.75) is 76.5 Å². The molecule has 0 saturated heterocycles. The fourth-order valence-electron chi connectivity index (χ4n) is 7.93. The molecule has 0 spiro atoms. The number of aryl methyl sites for hydroxylation is 5. The van der Waals surface area contributed by atoms with Crippen LogP contribution in [0.1, 0.15) is 113 Å². The molecule has 25 nitrogen and oxygen atoms in total. The fourth-order valence-corrected chi connectivity index (χ4v) is 7.93. The number of imidazole rings is 3. The van der Waals surface area contributed by atoms with Crippen molar-refractivity contribution < 1.29 is 43.0 Å². The lowest BCUT2D eigenvalue weighted by atomic mass is 10.0. The Hall–Kier alpha value is -8.74. The smallest absolute Gasteiger partial charge is 0.291 e. The Morgan fingerprint density at radius 1 is 0.640 bits per heavy atom. The maximum absolute atomic E-state index is 13.6. The summed E-state index contributed by atoms with van der Waals surface area (Å²) in [6, 6.07) is 10.2. The molecule has 7 rings (SSSR count). The van der Waals surface area contributed by atoms with Gasteiger partial charge in [-0.15, -0.1) is 0 Å². The molecule has 1 aliphatic rings. The van der Waals surface area contributed by atoms with Gasteiger partial charge in [-0.2, -0.15) is 0 Å². The van der Waals surface area contributed by atoms with Crippen LogP contribution in [0.15, 0.2) is 73.6 Å². The van der Waals surface area contributed by atoms with E-state index in [2.05, 4.69) is 52.2 Å². The van der Waals surface area contributed by atoms with Crippen LogP contribution >= 0.6 is 0 Å². The number of amides is 7. The Bertz CT molecular complexity index is 3110. The molecule has 1 aromatic carbocycles. The molecule has 9 N–H and O–H groups in total. The number of anilines is 5. The van der Waals surface area contributed by atoms with E-state index in [0.717, 1.165) is 0 Å². The highest BCUT2D eigenvalue weighted by Gasteiger charge is 2.46. The van der Waals surface area contributed by atoms with Gasteiger partial charge in [-0.3, -0.25) is 33.6 Å². The van der Waals surface area contributed by atoms with E-state index in [1.54, 1.807) is 75.1 Å². The van der Waals surface area contributed by atoms with Gasteiger partial charge in [0.15, 0.2) is 17.5 Å². The molecule has 5 heterocycles. The summed E-state index contributed by atoms with van der Waals surface area (Å²) in [4.78, 5) is 104. The summed E-state index contributed by atoms with van der Waals surface area (Å²) in [5.74, 6) is -2.07. The van der Waals surface area contributed by atoms with Crippen molar-refractivity contribution in [2.24, 2.45) is 35.2 Å². The summed E-state index contributed by atoms with van der Waals surface area (Å²) >= 11 is 0. The van der Waals surface area contributed by atoms with Crippen molar-refractivity contribution in [1.82, 2.24) is 53.7 Å². The number of nitrogens with zero attached hydrogens (tertiary/aromatic N) is 8. The maximum atomic E-state index is 13.6. The zero-order valence-corrected chi connectivity index (χ0v) is 43.4. The molecule has 398 valence electrons. The fraction of sp³-hybridized carbons (Fsp3) is 0.400. The summed E-state index contributed by atoms with van der Waals surface area (Å²) in [5.41, 5.74) is 5.56. The predicted octanol–water partition coefficient (Wildman–Crippen LogP) is 3.47.